The van der Waals surface area contributed by atoms with Gasteiger partial charge in [0.1, 0.15) is 24.1 Å². The van der Waals surface area contributed by atoms with E-state index in [1.54, 1.807) is 24.3 Å². The summed E-state index contributed by atoms with van der Waals surface area (Å²) in [6, 6.07) is 31.6. The van der Waals surface area contributed by atoms with E-state index >= 15 is 0 Å². The zero-order valence-corrected chi connectivity index (χ0v) is 25.7. The van der Waals surface area contributed by atoms with Gasteiger partial charge in [-0.3, -0.25) is 13.9 Å². The summed E-state index contributed by atoms with van der Waals surface area (Å²) in [7, 11) is -2.35. The number of carbonyl (C=O) groups is 2. The Kier molecular flexibility index (Phi) is 10.4. The zero-order valence-electron chi connectivity index (χ0n) is 23.3. The van der Waals surface area contributed by atoms with E-state index < -0.39 is 28.5 Å². The lowest BCUT2D eigenvalue weighted by atomic mass is 10.0. The number of amides is 2. The van der Waals surface area contributed by atoms with E-state index in [0.29, 0.717) is 17.2 Å². The molecule has 0 aliphatic rings. The second-order valence-electron chi connectivity index (χ2n) is 9.65. The van der Waals surface area contributed by atoms with Crippen molar-refractivity contribution in [3.8, 4) is 11.5 Å². The third kappa shape index (κ3) is 8.43. The average molecular weight is 651 g/mol. The highest BCUT2D eigenvalue weighted by Crippen LogP contribution is 2.26. The summed E-state index contributed by atoms with van der Waals surface area (Å²) in [5.41, 5.74) is 1.95. The molecule has 0 aliphatic heterocycles. The van der Waals surface area contributed by atoms with Gasteiger partial charge in [-0.25, -0.2) is 8.42 Å². The summed E-state index contributed by atoms with van der Waals surface area (Å²) in [6.07, 6.45) is 1.30. The fourth-order valence-electron chi connectivity index (χ4n) is 4.47. The summed E-state index contributed by atoms with van der Waals surface area (Å²) in [5, 5.41) is 2.67. The van der Waals surface area contributed by atoms with E-state index in [1.807, 2.05) is 84.9 Å². The molecule has 218 valence electrons. The van der Waals surface area contributed by atoms with Crippen LogP contribution >= 0.6 is 15.9 Å². The molecule has 0 radical (unpaired) electrons. The molecule has 0 saturated carbocycles. The van der Waals surface area contributed by atoms with Crippen molar-refractivity contribution in [2.45, 2.75) is 19.0 Å². The fourth-order valence-corrected chi connectivity index (χ4v) is 5.77. The molecule has 1 atom stereocenters. The highest BCUT2D eigenvalue weighted by atomic mass is 79.9. The molecule has 42 heavy (non-hydrogen) atoms. The van der Waals surface area contributed by atoms with Gasteiger partial charge in [0.25, 0.3) is 0 Å². The first-order valence-corrected chi connectivity index (χ1v) is 15.9. The molecule has 0 saturated heterocycles. The van der Waals surface area contributed by atoms with Crippen LogP contribution in [0.15, 0.2) is 114 Å². The first-order chi connectivity index (χ1) is 20.1. The van der Waals surface area contributed by atoms with Gasteiger partial charge in [-0.15, -0.1) is 0 Å². The van der Waals surface area contributed by atoms with Crippen LogP contribution in [0.25, 0.3) is 0 Å². The number of benzene rings is 4. The number of halogens is 1. The van der Waals surface area contributed by atoms with Crippen LogP contribution in [-0.4, -0.2) is 51.0 Å². The second-order valence-corrected chi connectivity index (χ2v) is 12.5. The molecule has 0 fully saturated rings. The minimum Gasteiger partial charge on any atom is -0.457 e. The predicted molar refractivity (Wildman–Crippen MR) is 168 cm³/mol. The molecule has 2 amide bonds. The number of likely N-dealkylation sites (N-methyl/N-ethyl adjacent to an activating group) is 1. The average Bonchev–Trinajstić information content (AvgIpc) is 2.98. The summed E-state index contributed by atoms with van der Waals surface area (Å²) < 4.78 is 33.6. The molecule has 0 aliphatic carbocycles. The molecule has 4 aromatic rings. The molecule has 0 spiro atoms. The fraction of sp³-hybridized carbons (Fsp3) is 0.188. The van der Waals surface area contributed by atoms with E-state index in [-0.39, 0.29) is 18.9 Å². The SMILES string of the molecule is CNC(=O)[C@@H](Cc1ccccc1)N(Cc1cccc(Br)c1)C(=O)CN(c1ccc(Oc2ccccc2)cc1)S(C)(=O)=O. The number of hydrogen-bond acceptors (Lipinski definition) is 5. The highest BCUT2D eigenvalue weighted by molar-refractivity contribution is 9.10. The predicted octanol–water partition coefficient (Wildman–Crippen LogP) is 5.39. The molecular formula is C32H32BrN3O5S. The van der Waals surface area contributed by atoms with Crippen molar-refractivity contribution in [3.05, 3.63) is 125 Å². The summed E-state index contributed by atoms with van der Waals surface area (Å²) in [5.74, 6) is 0.288. The minimum absolute atomic E-state index is 0.102. The number of nitrogens with one attached hydrogen (secondary N) is 1. The van der Waals surface area contributed by atoms with E-state index in [0.717, 1.165) is 26.2 Å². The molecule has 1 N–H and O–H groups in total. The maximum Gasteiger partial charge on any atom is 0.244 e. The van der Waals surface area contributed by atoms with Crippen molar-refractivity contribution in [3.63, 3.8) is 0 Å². The Morgan fingerprint density at radius 3 is 2.02 bits per heavy atom. The van der Waals surface area contributed by atoms with Crippen LogP contribution in [0.5, 0.6) is 11.5 Å². The maximum atomic E-state index is 14.0. The third-order valence-corrected chi connectivity index (χ3v) is 8.18. The Balaban J connectivity index is 1.65. The minimum atomic E-state index is -3.87. The van der Waals surface area contributed by atoms with Gasteiger partial charge < -0.3 is 15.0 Å². The van der Waals surface area contributed by atoms with E-state index in [2.05, 4.69) is 21.2 Å². The zero-order chi connectivity index (χ0) is 30.1. The summed E-state index contributed by atoms with van der Waals surface area (Å²) in [4.78, 5) is 28.7. The Hall–Kier alpha value is -4.15. The summed E-state index contributed by atoms with van der Waals surface area (Å²) >= 11 is 3.47. The first-order valence-electron chi connectivity index (χ1n) is 13.2. The Morgan fingerprint density at radius 1 is 0.833 bits per heavy atom. The highest BCUT2D eigenvalue weighted by Gasteiger charge is 2.32. The topological polar surface area (TPSA) is 96.0 Å². The van der Waals surface area contributed by atoms with Crippen LogP contribution in [0.2, 0.25) is 0 Å². The van der Waals surface area contributed by atoms with Gasteiger partial charge in [0, 0.05) is 24.5 Å². The van der Waals surface area contributed by atoms with Crippen LogP contribution in [0.4, 0.5) is 5.69 Å². The van der Waals surface area contributed by atoms with E-state index in [4.69, 9.17) is 4.74 Å². The number of para-hydroxylation sites is 1. The van der Waals surface area contributed by atoms with Gasteiger partial charge in [-0.05, 0) is 59.7 Å². The Morgan fingerprint density at radius 2 is 1.43 bits per heavy atom. The van der Waals surface area contributed by atoms with Crippen molar-refractivity contribution >= 4 is 43.5 Å². The standard InChI is InChI=1S/C32H32BrN3O5S/c1-34-32(38)30(21-24-10-5-3-6-11-24)35(22-25-12-9-13-26(33)20-25)31(37)23-36(42(2,39)40)27-16-18-29(19-17-27)41-28-14-7-4-8-15-28/h3-20,30H,21-23H2,1-2H3,(H,34,38)/t30-/m1/s1. The molecule has 0 unspecified atom stereocenters. The molecule has 0 bridgehead atoms. The van der Waals surface area contributed by atoms with Gasteiger partial charge in [0.05, 0.1) is 11.9 Å². The number of ether oxygens (including phenoxy) is 1. The first kappa shape index (κ1) is 30.8. The van der Waals surface area contributed by atoms with Crippen LogP contribution in [-0.2, 0) is 32.6 Å². The lowest BCUT2D eigenvalue weighted by Crippen LogP contribution is -2.52. The molecule has 4 rings (SSSR count). The number of hydrogen-bond donors (Lipinski definition) is 1. The smallest absolute Gasteiger partial charge is 0.244 e. The van der Waals surface area contributed by atoms with E-state index in [1.165, 1.54) is 11.9 Å². The maximum absolute atomic E-state index is 14.0. The molecular weight excluding hydrogens is 618 g/mol. The van der Waals surface area contributed by atoms with Crippen molar-refractivity contribution < 1.29 is 22.7 Å². The Bertz CT molecular complexity index is 1600. The van der Waals surface area contributed by atoms with Crippen LogP contribution < -0.4 is 14.4 Å². The van der Waals surface area contributed by atoms with Crippen LogP contribution in [0, 0.1) is 0 Å². The number of sulfonamides is 1. The van der Waals surface area contributed by atoms with Crippen LogP contribution in [0.3, 0.4) is 0 Å². The number of anilines is 1. The molecule has 8 nitrogen and oxygen atoms in total. The van der Waals surface area contributed by atoms with Gasteiger partial charge in [0.15, 0.2) is 0 Å². The summed E-state index contributed by atoms with van der Waals surface area (Å²) in [6.45, 7) is -0.390. The largest absolute Gasteiger partial charge is 0.457 e. The molecule has 0 aromatic heterocycles. The quantitative estimate of drug-likeness (QED) is 0.222. The van der Waals surface area contributed by atoms with Gasteiger partial charge >= 0.3 is 0 Å². The van der Waals surface area contributed by atoms with Gasteiger partial charge in [0.2, 0.25) is 21.8 Å². The number of rotatable bonds is 12. The molecule has 10 heteroatoms. The number of nitrogens with zero attached hydrogens (tertiary/aromatic N) is 2. The second kappa shape index (κ2) is 14.2. The monoisotopic (exact) mass is 649 g/mol. The van der Waals surface area contributed by atoms with Crippen molar-refractivity contribution in [2.75, 3.05) is 24.2 Å². The van der Waals surface area contributed by atoms with Gasteiger partial charge in [-0.2, -0.15) is 0 Å². The lowest BCUT2D eigenvalue weighted by Gasteiger charge is -2.33. The van der Waals surface area contributed by atoms with Crippen LogP contribution in [0.1, 0.15) is 11.1 Å². The number of carbonyl (C=O) groups excluding carboxylic acids is 2. The van der Waals surface area contributed by atoms with Crippen molar-refractivity contribution in [1.29, 1.82) is 0 Å². The lowest BCUT2D eigenvalue weighted by molar-refractivity contribution is -0.139. The third-order valence-electron chi connectivity index (χ3n) is 6.54. The van der Waals surface area contributed by atoms with E-state index in [9.17, 15) is 18.0 Å². The molecule has 4 aromatic carbocycles. The van der Waals surface area contributed by atoms with Gasteiger partial charge in [-0.1, -0.05) is 76.6 Å². The Labute approximate surface area is 255 Å². The normalized spacial score (nSPS) is 11.8. The van der Waals surface area contributed by atoms with Crippen molar-refractivity contribution in [1.82, 2.24) is 10.2 Å². The van der Waals surface area contributed by atoms with Crippen molar-refractivity contribution in [2.24, 2.45) is 0 Å². The molecule has 0 heterocycles.